The molecule has 1 heterocycles. The zero-order valence-corrected chi connectivity index (χ0v) is 6.86. The number of aldehydes is 1. The molecule has 0 aliphatic carbocycles. The van der Waals surface area contributed by atoms with Crippen LogP contribution in [0.25, 0.3) is 0 Å². The highest BCUT2D eigenvalue weighted by atomic mass is 35.5. The van der Waals surface area contributed by atoms with Crippen molar-refractivity contribution in [3.05, 3.63) is 28.5 Å². The molecule has 13 heavy (non-hydrogen) atoms. The molecule has 2 nitrogen and oxygen atoms in total. The van der Waals surface area contributed by atoms with Crippen LogP contribution in [0.15, 0.2) is 12.1 Å². The van der Waals surface area contributed by atoms with E-state index in [-0.39, 0.29) is 12.0 Å². The number of halogens is 4. The first-order valence-corrected chi connectivity index (χ1v) is 3.52. The van der Waals surface area contributed by atoms with Crippen molar-refractivity contribution in [2.24, 2.45) is 0 Å². The van der Waals surface area contributed by atoms with Gasteiger partial charge in [0.2, 0.25) is 0 Å². The number of hydrogen-bond acceptors (Lipinski definition) is 2. The molecule has 0 aromatic carbocycles. The number of nitrogens with zero attached hydrogens (tertiary/aromatic N) is 1. The van der Waals surface area contributed by atoms with Gasteiger partial charge in [-0.15, -0.1) is 0 Å². The molecule has 0 N–H and O–H groups in total. The molecule has 0 saturated carbocycles. The molecular formula is C7H3ClF3NO. The van der Waals surface area contributed by atoms with E-state index in [1.54, 1.807) is 0 Å². The van der Waals surface area contributed by atoms with Crippen LogP contribution in [-0.2, 0) is 6.18 Å². The van der Waals surface area contributed by atoms with Crippen LogP contribution in [0.4, 0.5) is 13.2 Å². The lowest BCUT2D eigenvalue weighted by Gasteiger charge is -2.07. The summed E-state index contributed by atoms with van der Waals surface area (Å²) in [4.78, 5) is 13.2. The van der Waals surface area contributed by atoms with Gasteiger partial charge in [-0.25, -0.2) is 4.98 Å². The molecule has 0 unspecified atom stereocenters. The topological polar surface area (TPSA) is 30.0 Å². The molecule has 0 saturated heterocycles. The number of alkyl halides is 3. The Kier molecular flexibility index (Phi) is 2.56. The summed E-state index contributed by atoms with van der Waals surface area (Å²) in [5.41, 5.74) is -1.53. The van der Waals surface area contributed by atoms with Crippen LogP contribution in [-0.4, -0.2) is 11.3 Å². The van der Waals surface area contributed by atoms with Crippen molar-refractivity contribution in [2.45, 2.75) is 6.18 Å². The molecule has 0 aliphatic heterocycles. The van der Waals surface area contributed by atoms with Gasteiger partial charge in [-0.1, -0.05) is 11.6 Å². The van der Waals surface area contributed by atoms with Crippen LogP contribution in [0.2, 0.25) is 5.02 Å². The SMILES string of the molecule is O=Cc1ccc(Cl)c(C(F)(F)F)n1. The molecule has 0 radical (unpaired) electrons. The largest absolute Gasteiger partial charge is 0.434 e. The van der Waals surface area contributed by atoms with Gasteiger partial charge < -0.3 is 0 Å². The molecule has 1 rings (SSSR count). The Morgan fingerprint density at radius 1 is 1.38 bits per heavy atom. The van der Waals surface area contributed by atoms with Crippen molar-refractivity contribution in [2.75, 3.05) is 0 Å². The van der Waals surface area contributed by atoms with Crippen LogP contribution in [0.1, 0.15) is 16.2 Å². The summed E-state index contributed by atoms with van der Waals surface area (Å²) >= 11 is 5.24. The Morgan fingerprint density at radius 3 is 2.46 bits per heavy atom. The summed E-state index contributed by atoms with van der Waals surface area (Å²) < 4.78 is 36.3. The fraction of sp³-hybridized carbons (Fsp3) is 0.143. The minimum atomic E-state index is -4.63. The number of hydrogen-bond donors (Lipinski definition) is 0. The third-order valence-corrected chi connectivity index (χ3v) is 1.56. The predicted octanol–water partition coefficient (Wildman–Crippen LogP) is 2.57. The smallest absolute Gasteiger partial charge is 0.296 e. The number of carbonyl (C=O) groups is 1. The van der Waals surface area contributed by atoms with E-state index in [0.717, 1.165) is 12.1 Å². The Labute approximate surface area is 76.3 Å². The van der Waals surface area contributed by atoms with Crippen LogP contribution < -0.4 is 0 Å². The van der Waals surface area contributed by atoms with E-state index in [1.165, 1.54) is 0 Å². The lowest BCUT2D eigenvalue weighted by atomic mass is 10.3. The van der Waals surface area contributed by atoms with Crippen molar-refractivity contribution in [1.29, 1.82) is 0 Å². The van der Waals surface area contributed by atoms with Gasteiger partial charge in [0.05, 0.1) is 5.02 Å². The molecular weight excluding hydrogens is 207 g/mol. The standard InChI is InChI=1S/C7H3ClF3NO/c8-5-2-1-4(3-13)12-6(5)7(9,10)11/h1-3H. The number of pyridine rings is 1. The first kappa shape index (κ1) is 9.98. The van der Waals surface area contributed by atoms with Crippen molar-refractivity contribution in [3.8, 4) is 0 Å². The van der Waals surface area contributed by atoms with Gasteiger partial charge >= 0.3 is 6.18 Å². The Balaban J connectivity index is 3.27. The second kappa shape index (κ2) is 3.33. The lowest BCUT2D eigenvalue weighted by molar-refractivity contribution is -0.141. The van der Waals surface area contributed by atoms with Crippen LogP contribution >= 0.6 is 11.6 Å². The summed E-state index contributed by atoms with van der Waals surface area (Å²) in [6, 6.07) is 2.10. The van der Waals surface area contributed by atoms with E-state index in [1.807, 2.05) is 0 Å². The van der Waals surface area contributed by atoms with Crippen molar-refractivity contribution >= 4 is 17.9 Å². The van der Waals surface area contributed by atoms with Gasteiger partial charge in [-0.05, 0) is 12.1 Å². The monoisotopic (exact) mass is 209 g/mol. The molecule has 0 aliphatic rings. The molecule has 0 fully saturated rings. The second-order valence-corrected chi connectivity index (χ2v) is 2.59. The zero-order valence-electron chi connectivity index (χ0n) is 6.10. The molecule has 1 aromatic heterocycles. The van der Waals surface area contributed by atoms with Crippen molar-refractivity contribution in [3.63, 3.8) is 0 Å². The fourth-order valence-corrected chi connectivity index (χ4v) is 0.934. The molecule has 0 atom stereocenters. The predicted molar refractivity (Wildman–Crippen MR) is 39.6 cm³/mol. The molecule has 0 bridgehead atoms. The summed E-state index contributed by atoms with van der Waals surface area (Å²) in [7, 11) is 0. The van der Waals surface area contributed by atoms with Gasteiger partial charge in [0.1, 0.15) is 5.69 Å². The van der Waals surface area contributed by atoms with Crippen LogP contribution in [0.5, 0.6) is 0 Å². The fourth-order valence-electron chi connectivity index (χ4n) is 0.722. The summed E-state index contributed by atoms with van der Waals surface area (Å²) in [5.74, 6) is 0. The van der Waals surface area contributed by atoms with Crippen molar-refractivity contribution in [1.82, 2.24) is 4.98 Å². The van der Waals surface area contributed by atoms with E-state index in [9.17, 15) is 18.0 Å². The summed E-state index contributed by atoms with van der Waals surface area (Å²) in [6.45, 7) is 0. The zero-order chi connectivity index (χ0) is 10.1. The highest BCUT2D eigenvalue weighted by Crippen LogP contribution is 2.32. The highest BCUT2D eigenvalue weighted by Gasteiger charge is 2.35. The number of carbonyl (C=O) groups excluding carboxylic acids is 1. The molecule has 1 aromatic rings. The van der Waals surface area contributed by atoms with Gasteiger partial charge in [0.15, 0.2) is 12.0 Å². The van der Waals surface area contributed by atoms with Gasteiger partial charge in [-0.2, -0.15) is 13.2 Å². The third-order valence-electron chi connectivity index (χ3n) is 1.26. The molecule has 0 amide bonds. The first-order valence-electron chi connectivity index (χ1n) is 3.14. The van der Waals surface area contributed by atoms with Gasteiger partial charge in [0, 0.05) is 0 Å². The maximum Gasteiger partial charge on any atom is 0.434 e. The first-order chi connectivity index (χ1) is 5.95. The Bertz CT molecular complexity index is 337. The normalized spacial score (nSPS) is 11.4. The molecule has 6 heteroatoms. The molecule has 0 spiro atoms. The quantitative estimate of drug-likeness (QED) is 0.666. The van der Waals surface area contributed by atoms with E-state index in [2.05, 4.69) is 4.98 Å². The van der Waals surface area contributed by atoms with E-state index in [4.69, 9.17) is 11.6 Å². The van der Waals surface area contributed by atoms with Crippen LogP contribution in [0, 0.1) is 0 Å². The lowest BCUT2D eigenvalue weighted by Crippen LogP contribution is -2.10. The van der Waals surface area contributed by atoms with E-state index in [0.29, 0.717) is 0 Å². The summed E-state index contributed by atoms with van der Waals surface area (Å²) in [5, 5.41) is -0.516. The summed E-state index contributed by atoms with van der Waals surface area (Å²) in [6.07, 6.45) is -4.40. The minimum Gasteiger partial charge on any atom is -0.296 e. The van der Waals surface area contributed by atoms with Gasteiger partial charge in [-0.3, -0.25) is 4.79 Å². The maximum absolute atomic E-state index is 12.1. The molecule has 70 valence electrons. The van der Waals surface area contributed by atoms with E-state index < -0.39 is 16.9 Å². The average Bonchev–Trinajstić information content (AvgIpc) is 2.03. The minimum absolute atomic E-state index is 0.228. The second-order valence-electron chi connectivity index (χ2n) is 2.18. The van der Waals surface area contributed by atoms with Crippen molar-refractivity contribution < 1.29 is 18.0 Å². The average molecular weight is 210 g/mol. The van der Waals surface area contributed by atoms with Crippen LogP contribution in [0.3, 0.4) is 0 Å². The number of aromatic nitrogens is 1. The third kappa shape index (κ3) is 2.18. The van der Waals surface area contributed by atoms with E-state index >= 15 is 0 Å². The van der Waals surface area contributed by atoms with Gasteiger partial charge in [0.25, 0.3) is 0 Å². The Hall–Kier alpha value is -1.10. The maximum atomic E-state index is 12.1. The highest BCUT2D eigenvalue weighted by molar-refractivity contribution is 6.31. The Morgan fingerprint density at radius 2 is 2.00 bits per heavy atom. The number of rotatable bonds is 1.